The normalized spacial score (nSPS) is 14.4. The van der Waals surface area contributed by atoms with E-state index in [1.54, 1.807) is 13.2 Å². The molecule has 0 spiro atoms. The van der Waals surface area contributed by atoms with Crippen LogP contribution in [-0.2, 0) is 0 Å². The first-order valence-corrected chi connectivity index (χ1v) is 9.34. The average molecular weight is 411 g/mol. The molecule has 2 heterocycles. The summed E-state index contributed by atoms with van der Waals surface area (Å²) in [5.74, 6) is 0.745. The van der Waals surface area contributed by atoms with E-state index in [4.69, 9.17) is 4.74 Å². The van der Waals surface area contributed by atoms with E-state index in [1.165, 1.54) is 16.5 Å². The largest absolute Gasteiger partial charge is 0.497 e. The van der Waals surface area contributed by atoms with E-state index in [1.807, 2.05) is 29.2 Å². The molecule has 2 aromatic carbocycles. The van der Waals surface area contributed by atoms with Crippen molar-refractivity contribution in [2.75, 3.05) is 20.2 Å². The molecule has 3 aromatic rings. The van der Waals surface area contributed by atoms with E-state index in [-0.39, 0.29) is 5.91 Å². The summed E-state index contributed by atoms with van der Waals surface area (Å²) in [6.07, 6.45) is 5.06. The second-order valence-corrected chi connectivity index (χ2v) is 7.27. The lowest BCUT2D eigenvalue weighted by atomic mass is 9.98. The molecule has 0 bridgehead atoms. The van der Waals surface area contributed by atoms with Crippen LogP contribution >= 0.6 is 15.9 Å². The number of rotatable bonds is 3. The van der Waals surface area contributed by atoms with Crippen LogP contribution in [0.25, 0.3) is 16.5 Å². The number of H-pyrrole nitrogens is 1. The number of carbonyl (C=O) groups is 1. The number of halogens is 1. The number of hydrogen-bond donors (Lipinski definition) is 1. The minimum atomic E-state index is 0.0425. The monoisotopic (exact) mass is 410 g/mol. The molecular formula is C21H19BrN2O2. The first kappa shape index (κ1) is 16.9. The Hall–Kier alpha value is -2.53. The van der Waals surface area contributed by atoms with Crippen LogP contribution in [0.3, 0.4) is 0 Å². The van der Waals surface area contributed by atoms with E-state index >= 15 is 0 Å². The van der Waals surface area contributed by atoms with Crippen molar-refractivity contribution in [2.24, 2.45) is 0 Å². The van der Waals surface area contributed by atoms with Crippen LogP contribution in [0.5, 0.6) is 5.75 Å². The number of methoxy groups -OCH3 is 1. The van der Waals surface area contributed by atoms with Gasteiger partial charge in [-0.1, -0.05) is 28.1 Å². The Morgan fingerprint density at radius 3 is 2.88 bits per heavy atom. The second kappa shape index (κ2) is 7.00. The molecule has 0 atom stereocenters. The number of fused-ring (bicyclic) bond motifs is 1. The standard InChI is InChI=1S/C21H19BrN2O2/c1-26-17-4-2-3-15(11-17)21(25)24-9-7-14(8-10-24)19-13-23-20-6-5-16(22)12-18(19)20/h2-7,11-13,23H,8-10H2,1H3. The van der Waals surface area contributed by atoms with Crippen molar-refractivity contribution in [3.05, 3.63) is 70.3 Å². The van der Waals surface area contributed by atoms with Gasteiger partial charge in [0.1, 0.15) is 5.75 Å². The molecule has 26 heavy (non-hydrogen) atoms. The van der Waals surface area contributed by atoms with E-state index in [0.717, 1.165) is 16.4 Å². The van der Waals surface area contributed by atoms with E-state index in [0.29, 0.717) is 24.4 Å². The molecule has 0 radical (unpaired) electrons. The highest BCUT2D eigenvalue weighted by molar-refractivity contribution is 9.10. The molecule has 0 saturated heterocycles. The molecule has 1 aliphatic heterocycles. The van der Waals surface area contributed by atoms with E-state index in [2.05, 4.69) is 45.3 Å². The lowest BCUT2D eigenvalue weighted by Crippen LogP contribution is -2.34. The summed E-state index contributed by atoms with van der Waals surface area (Å²) in [5, 5.41) is 1.21. The summed E-state index contributed by atoms with van der Waals surface area (Å²) in [6, 6.07) is 13.6. The molecule has 4 rings (SSSR count). The third-order valence-corrected chi connectivity index (χ3v) is 5.30. The SMILES string of the molecule is COc1cccc(C(=O)N2CC=C(c3c[nH]c4ccc(Br)cc34)CC2)c1. The fourth-order valence-electron chi connectivity index (χ4n) is 3.40. The van der Waals surface area contributed by atoms with Crippen LogP contribution in [0.1, 0.15) is 22.3 Å². The maximum Gasteiger partial charge on any atom is 0.254 e. The Kier molecular flexibility index (Phi) is 4.55. The molecule has 0 aliphatic carbocycles. The van der Waals surface area contributed by atoms with Crippen molar-refractivity contribution in [3.8, 4) is 5.75 Å². The first-order valence-electron chi connectivity index (χ1n) is 8.55. The fourth-order valence-corrected chi connectivity index (χ4v) is 3.76. The Morgan fingerprint density at radius 2 is 2.12 bits per heavy atom. The van der Waals surface area contributed by atoms with Crippen LogP contribution in [0.15, 0.2) is 59.2 Å². The number of hydrogen-bond acceptors (Lipinski definition) is 2. The van der Waals surface area contributed by atoms with Crippen LogP contribution in [-0.4, -0.2) is 36.0 Å². The van der Waals surface area contributed by atoms with E-state index < -0.39 is 0 Å². The van der Waals surface area contributed by atoms with Crippen molar-refractivity contribution in [1.29, 1.82) is 0 Å². The zero-order valence-corrected chi connectivity index (χ0v) is 16.0. The van der Waals surface area contributed by atoms with Gasteiger partial charge < -0.3 is 14.6 Å². The molecule has 1 aromatic heterocycles. The van der Waals surface area contributed by atoms with Gasteiger partial charge in [-0.25, -0.2) is 0 Å². The van der Waals surface area contributed by atoms with Crippen LogP contribution < -0.4 is 4.74 Å². The van der Waals surface area contributed by atoms with Gasteiger partial charge in [-0.2, -0.15) is 0 Å². The smallest absolute Gasteiger partial charge is 0.254 e. The topological polar surface area (TPSA) is 45.3 Å². The molecule has 132 valence electrons. The molecule has 5 heteroatoms. The van der Waals surface area contributed by atoms with Gasteiger partial charge in [-0.3, -0.25) is 4.79 Å². The molecule has 0 unspecified atom stereocenters. The number of amides is 1. The molecule has 1 amide bonds. The van der Waals surface area contributed by atoms with Gasteiger partial charge >= 0.3 is 0 Å². The number of aromatic nitrogens is 1. The number of nitrogens with zero attached hydrogens (tertiary/aromatic N) is 1. The molecule has 4 nitrogen and oxygen atoms in total. The van der Waals surface area contributed by atoms with Gasteiger partial charge in [0.05, 0.1) is 7.11 Å². The first-order chi connectivity index (χ1) is 12.7. The minimum Gasteiger partial charge on any atom is -0.497 e. The summed E-state index contributed by atoms with van der Waals surface area (Å²) >= 11 is 3.55. The molecular weight excluding hydrogens is 392 g/mol. The Bertz CT molecular complexity index is 1010. The highest BCUT2D eigenvalue weighted by Gasteiger charge is 2.21. The summed E-state index contributed by atoms with van der Waals surface area (Å²) in [6.45, 7) is 1.33. The lowest BCUT2D eigenvalue weighted by molar-refractivity contribution is 0.0772. The Balaban J connectivity index is 1.56. The number of ether oxygens (including phenoxy) is 1. The van der Waals surface area contributed by atoms with Gasteiger partial charge in [0, 0.05) is 45.8 Å². The van der Waals surface area contributed by atoms with Gasteiger partial charge in [-0.15, -0.1) is 0 Å². The van der Waals surface area contributed by atoms with E-state index in [9.17, 15) is 4.79 Å². The van der Waals surface area contributed by atoms with Gasteiger partial charge in [0.2, 0.25) is 0 Å². The van der Waals surface area contributed by atoms with Crippen molar-refractivity contribution >= 4 is 38.3 Å². The molecule has 0 fully saturated rings. The number of nitrogens with one attached hydrogen (secondary N) is 1. The van der Waals surface area contributed by atoms with Crippen molar-refractivity contribution in [1.82, 2.24) is 9.88 Å². The van der Waals surface area contributed by atoms with Crippen LogP contribution in [0.4, 0.5) is 0 Å². The van der Waals surface area contributed by atoms with Gasteiger partial charge in [0.25, 0.3) is 5.91 Å². The third-order valence-electron chi connectivity index (χ3n) is 4.80. The average Bonchev–Trinajstić information content (AvgIpc) is 3.10. The number of carbonyl (C=O) groups excluding carboxylic acids is 1. The van der Waals surface area contributed by atoms with Crippen molar-refractivity contribution in [2.45, 2.75) is 6.42 Å². The molecule has 0 saturated carbocycles. The number of aromatic amines is 1. The summed E-state index contributed by atoms with van der Waals surface area (Å²) in [4.78, 5) is 18.0. The summed E-state index contributed by atoms with van der Waals surface area (Å²) < 4.78 is 6.29. The van der Waals surface area contributed by atoms with Crippen molar-refractivity contribution in [3.63, 3.8) is 0 Å². The maximum atomic E-state index is 12.7. The molecule has 1 N–H and O–H groups in total. The van der Waals surface area contributed by atoms with Crippen molar-refractivity contribution < 1.29 is 9.53 Å². The zero-order chi connectivity index (χ0) is 18.1. The Labute approximate surface area is 160 Å². The summed E-state index contributed by atoms with van der Waals surface area (Å²) in [5.41, 5.74) is 4.29. The Morgan fingerprint density at radius 1 is 1.23 bits per heavy atom. The van der Waals surface area contributed by atoms with Gasteiger partial charge in [0.15, 0.2) is 0 Å². The third kappa shape index (κ3) is 3.15. The lowest BCUT2D eigenvalue weighted by Gasteiger charge is -2.26. The zero-order valence-electron chi connectivity index (χ0n) is 14.5. The molecule has 1 aliphatic rings. The quantitative estimate of drug-likeness (QED) is 0.669. The van der Waals surface area contributed by atoms with Crippen LogP contribution in [0, 0.1) is 0 Å². The highest BCUT2D eigenvalue weighted by Crippen LogP contribution is 2.31. The predicted octanol–water partition coefficient (Wildman–Crippen LogP) is 4.87. The van der Waals surface area contributed by atoms with Gasteiger partial charge in [-0.05, 0) is 48.4 Å². The number of benzene rings is 2. The maximum absolute atomic E-state index is 12.7. The minimum absolute atomic E-state index is 0.0425. The fraction of sp³-hybridized carbons (Fsp3) is 0.190. The predicted molar refractivity (Wildman–Crippen MR) is 107 cm³/mol. The second-order valence-electron chi connectivity index (χ2n) is 6.35. The van der Waals surface area contributed by atoms with Crippen LogP contribution in [0.2, 0.25) is 0 Å². The highest BCUT2D eigenvalue weighted by atomic mass is 79.9. The summed E-state index contributed by atoms with van der Waals surface area (Å²) in [7, 11) is 1.61.